The van der Waals surface area contributed by atoms with Crippen LogP contribution >= 0.6 is 0 Å². The highest BCUT2D eigenvalue weighted by Gasteiger charge is 2.20. The van der Waals surface area contributed by atoms with Crippen LogP contribution in [0.1, 0.15) is 22.4 Å². The third-order valence-corrected chi connectivity index (χ3v) is 5.63. The summed E-state index contributed by atoms with van der Waals surface area (Å²) in [5, 5.41) is 0.837. The van der Waals surface area contributed by atoms with E-state index in [0.717, 1.165) is 53.9 Å². The van der Waals surface area contributed by atoms with Gasteiger partial charge in [0, 0.05) is 55.1 Å². The lowest BCUT2D eigenvalue weighted by Gasteiger charge is -2.36. The fourth-order valence-corrected chi connectivity index (χ4v) is 4.18. The quantitative estimate of drug-likeness (QED) is 0.772. The Morgan fingerprint density at radius 3 is 2.37 bits per heavy atom. The molecule has 4 heteroatoms. The molecule has 27 heavy (non-hydrogen) atoms. The zero-order valence-electron chi connectivity index (χ0n) is 16.4. The van der Waals surface area contributed by atoms with Crippen LogP contribution in [0.15, 0.2) is 47.3 Å². The van der Waals surface area contributed by atoms with Gasteiger partial charge in [-0.05, 0) is 50.1 Å². The van der Waals surface area contributed by atoms with Crippen LogP contribution in [0, 0.1) is 20.8 Å². The van der Waals surface area contributed by atoms with E-state index in [0.29, 0.717) is 6.54 Å². The lowest BCUT2D eigenvalue weighted by atomic mass is 10.0. The van der Waals surface area contributed by atoms with Gasteiger partial charge in [-0.2, -0.15) is 0 Å². The predicted molar refractivity (Wildman–Crippen MR) is 113 cm³/mol. The molecule has 1 aromatic heterocycles. The summed E-state index contributed by atoms with van der Waals surface area (Å²) in [7, 11) is 0. The minimum Gasteiger partial charge on any atom is -0.369 e. The number of hydrogen-bond donors (Lipinski definition) is 1. The van der Waals surface area contributed by atoms with Crippen LogP contribution < -0.4 is 10.3 Å². The molecule has 1 aliphatic heterocycles. The van der Waals surface area contributed by atoms with Gasteiger partial charge in [0.25, 0.3) is 0 Å². The van der Waals surface area contributed by atoms with E-state index in [-0.39, 0.29) is 5.43 Å². The number of hydrogen-bond acceptors (Lipinski definition) is 3. The highest BCUT2D eigenvalue weighted by Crippen LogP contribution is 2.20. The van der Waals surface area contributed by atoms with Gasteiger partial charge < -0.3 is 9.88 Å². The van der Waals surface area contributed by atoms with Gasteiger partial charge in [-0.3, -0.25) is 9.69 Å². The van der Waals surface area contributed by atoms with Gasteiger partial charge in [-0.15, -0.1) is 0 Å². The molecule has 0 aliphatic carbocycles. The monoisotopic (exact) mass is 361 g/mol. The van der Waals surface area contributed by atoms with Gasteiger partial charge in [0.15, 0.2) is 5.43 Å². The Morgan fingerprint density at radius 2 is 1.67 bits per heavy atom. The Morgan fingerprint density at radius 1 is 0.963 bits per heavy atom. The van der Waals surface area contributed by atoms with Gasteiger partial charge in [0.1, 0.15) is 0 Å². The van der Waals surface area contributed by atoms with Gasteiger partial charge in [0.2, 0.25) is 0 Å². The van der Waals surface area contributed by atoms with E-state index in [2.05, 4.69) is 64.2 Å². The van der Waals surface area contributed by atoms with Gasteiger partial charge >= 0.3 is 0 Å². The highest BCUT2D eigenvalue weighted by molar-refractivity contribution is 5.83. The van der Waals surface area contributed by atoms with Crippen LogP contribution in [0.3, 0.4) is 0 Å². The lowest BCUT2D eigenvalue weighted by Crippen LogP contribution is -2.46. The smallest absolute Gasteiger partial charge is 0.194 e. The van der Waals surface area contributed by atoms with Crippen LogP contribution in [-0.4, -0.2) is 36.1 Å². The van der Waals surface area contributed by atoms with Crippen LogP contribution in [0.2, 0.25) is 0 Å². The molecule has 0 spiro atoms. The SMILES string of the molecule is Cc1cc(C)c2c(=O)c(CN3CCN(c4ccccc4)CC3)c(C)[nH]c2c1. The van der Waals surface area contributed by atoms with Crippen molar-refractivity contribution in [2.75, 3.05) is 31.1 Å². The number of para-hydroxylation sites is 1. The number of H-pyrrole nitrogens is 1. The van der Waals surface area contributed by atoms with Crippen LogP contribution in [0.25, 0.3) is 10.9 Å². The maximum Gasteiger partial charge on any atom is 0.194 e. The van der Waals surface area contributed by atoms with Crippen molar-refractivity contribution < 1.29 is 0 Å². The molecule has 140 valence electrons. The molecule has 0 amide bonds. The van der Waals surface area contributed by atoms with E-state index >= 15 is 0 Å². The Bertz CT molecular complexity index is 1020. The molecule has 1 N–H and O–H groups in total. The number of nitrogens with zero attached hydrogens (tertiary/aromatic N) is 2. The molecule has 4 nitrogen and oxygen atoms in total. The van der Waals surface area contributed by atoms with E-state index in [1.807, 2.05) is 13.8 Å². The molecule has 0 bridgehead atoms. The normalized spacial score (nSPS) is 15.4. The van der Waals surface area contributed by atoms with E-state index < -0.39 is 0 Å². The first-order valence-electron chi connectivity index (χ1n) is 9.68. The molecule has 1 saturated heterocycles. The fourth-order valence-electron chi connectivity index (χ4n) is 4.18. The number of nitrogens with one attached hydrogen (secondary N) is 1. The largest absolute Gasteiger partial charge is 0.369 e. The standard InChI is InChI=1S/C23H27N3O/c1-16-13-17(2)22-21(14-16)24-18(3)20(23(22)27)15-25-9-11-26(12-10-25)19-7-5-4-6-8-19/h4-8,13-14H,9-12,15H2,1-3H3,(H,24,27). The Kier molecular flexibility index (Phi) is 4.75. The summed E-state index contributed by atoms with van der Waals surface area (Å²) >= 11 is 0. The molecule has 0 atom stereocenters. The van der Waals surface area contributed by atoms with Crippen molar-refractivity contribution in [1.29, 1.82) is 0 Å². The summed E-state index contributed by atoms with van der Waals surface area (Å²) in [4.78, 5) is 21.5. The number of aromatic amines is 1. The van der Waals surface area contributed by atoms with Crippen molar-refractivity contribution in [2.45, 2.75) is 27.3 Å². The molecule has 2 aromatic carbocycles. The van der Waals surface area contributed by atoms with Crippen molar-refractivity contribution in [3.8, 4) is 0 Å². The molecule has 1 fully saturated rings. The average Bonchev–Trinajstić information content (AvgIpc) is 2.65. The summed E-state index contributed by atoms with van der Waals surface area (Å²) in [5.41, 5.74) is 6.55. The second-order valence-corrected chi connectivity index (χ2v) is 7.66. The Labute approximate surface area is 160 Å². The van der Waals surface area contributed by atoms with Crippen LogP contribution in [0.5, 0.6) is 0 Å². The zero-order valence-corrected chi connectivity index (χ0v) is 16.4. The summed E-state index contributed by atoms with van der Waals surface area (Å²) in [5.74, 6) is 0. The molecule has 4 rings (SSSR count). The topological polar surface area (TPSA) is 39.3 Å². The highest BCUT2D eigenvalue weighted by atomic mass is 16.1. The van der Waals surface area contributed by atoms with Crippen LogP contribution in [0.4, 0.5) is 5.69 Å². The second-order valence-electron chi connectivity index (χ2n) is 7.66. The minimum absolute atomic E-state index is 0.184. The molecule has 3 aromatic rings. The molecule has 1 aliphatic rings. The van der Waals surface area contributed by atoms with Gasteiger partial charge in [-0.1, -0.05) is 24.3 Å². The van der Waals surface area contributed by atoms with Crippen molar-refractivity contribution in [1.82, 2.24) is 9.88 Å². The first-order valence-corrected chi connectivity index (χ1v) is 9.68. The third-order valence-electron chi connectivity index (χ3n) is 5.63. The van der Waals surface area contributed by atoms with Gasteiger partial charge in [0.05, 0.1) is 5.52 Å². The van der Waals surface area contributed by atoms with Crippen LogP contribution in [-0.2, 0) is 6.54 Å². The Balaban J connectivity index is 1.55. The predicted octanol–water partition coefficient (Wildman–Crippen LogP) is 3.78. The van der Waals surface area contributed by atoms with Crippen molar-refractivity contribution in [3.63, 3.8) is 0 Å². The maximum atomic E-state index is 13.2. The fraction of sp³-hybridized carbons (Fsp3) is 0.348. The number of pyridine rings is 1. The summed E-state index contributed by atoms with van der Waals surface area (Å²) in [6.07, 6.45) is 0. The number of piperazine rings is 1. The van der Waals surface area contributed by atoms with E-state index in [9.17, 15) is 4.79 Å². The van der Waals surface area contributed by atoms with Crippen molar-refractivity contribution in [3.05, 3.63) is 75.1 Å². The first-order chi connectivity index (χ1) is 13.0. The summed E-state index contributed by atoms with van der Waals surface area (Å²) in [6.45, 7) is 10.8. The molecule has 2 heterocycles. The number of rotatable bonds is 3. The first kappa shape index (κ1) is 17.8. The third kappa shape index (κ3) is 3.50. The average molecular weight is 361 g/mol. The molecule has 0 unspecified atom stereocenters. The number of benzene rings is 2. The molecular weight excluding hydrogens is 334 g/mol. The summed E-state index contributed by atoms with van der Waals surface area (Å²) in [6, 6.07) is 14.7. The van der Waals surface area contributed by atoms with Gasteiger partial charge in [-0.25, -0.2) is 0 Å². The number of aromatic nitrogens is 1. The molecule has 0 saturated carbocycles. The van der Waals surface area contributed by atoms with Crippen molar-refractivity contribution >= 4 is 16.6 Å². The second kappa shape index (κ2) is 7.20. The van der Waals surface area contributed by atoms with E-state index in [1.165, 1.54) is 11.3 Å². The number of anilines is 1. The molecule has 0 radical (unpaired) electrons. The van der Waals surface area contributed by atoms with E-state index in [1.54, 1.807) is 0 Å². The molecular formula is C23H27N3O. The maximum absolute atomic E-state index is 13.2. The summed E-state index contributed by atoms with van der Waals surface area (Å²) < 4.78 is 0. The zero-order chi connectivity index (χ0) is 19.0. The van der Waals surface area contributed by atoms with E-state index in [4.69, 9.17) is 0 Å². The minimum atomic E-state index is 0.184. The number of fused-ring (bicyclic) bond motifs is 1. The number of aryl methyl sites for hydroxylation is 3. The Hall–Kier alpha value is -2.59. The van der Waals surface area contributed by atoms with Crippen molar-refractivity contribution in [2.24, 2.45) is 0 Å². The lowest BCUT2D eigenvalue weighted by molar-refractivity contribution is 0.248.